The molecule has 3 N–H and O–H groups in total. The van der Waals surface area contributed by atoms with Crippen molar-refractivity contribution in [2.45, 2.75) is 25.2 Å². The third-order valence-electron chi connectivity index (χ3n) is 4.97. The van der Waals surface area contributed by atoms with Gasteiger partial charge in [-0.15, -0.1) is 5.10 Å². The molecule has 1 aliphatic rings. The summed E-state index contributed by atoms with van der Waals surface area (Å²) in [5.41, 5.74) is -1.43. The molecular formula is C19H18F6N6O2. The van der Waals surface area contributed by atoms with Crippen molar-refractivity contribution in [2.24, 2.45) is 11.8 Å². The van der Waals surface area contributed by atoms with E-state index in [1.54, 1.807) is 0 Å². The molecule has 1 atom stereocenters. The van der Waals surface area contributed by atoms with E-state index in [0.29, 0.717) is 31.5 Å². The van der Waals surface area contributed by atoms with Crippen LogP contribution in [0.2, 0.25) is 0 Å². The number of nitrogens with two attached hydrogens (primary N) is 1. The number of nitrogens with zero attached hydrogens (tertiary/aromatic N) is 4. The lowest BCUT2D eigenvalue weighted by Gasteiger charge is -2.30. The lowest BCUT2D eigenvalue weighted by atomic mass is 9.97. The molecule has 0 bridgehead atoms. The number of hydrogen-bond acceptors (Lipinski definition) is 5. The van der Waals surface area contributed by atoms with Crippen molar-refractivity contribution < 1.29 is 35.9 Å². The molecule has 3 rings (SSSR count). The van der Waals surface area contributed by atoms with E-state index in [0.717, 1.165) is 23.3 Å². The summed E-state index contributed by atoms with van der Waals surface area (Å²) >= 11 is 0. The van der Waals surface area contributed by atoms with E-state index < -0.39 is 46.8 Å². The highest BCUT2D eigenvalue weighted by molar-refractivity contribution is 5.90. The molecule has 0 radical (unpaired) electrons. The van der Waals surface area contributed by atoms with Crippen LogP contribution in [0.15, 0.2) is 30.6 Å². The molecule has 0 saturated carbocycles. The Bertz CT molecular complexity index is 1030. The summed E-state index contributed by atoms with van der Waals surface area (Å²) in [4.78, 5) is 29.2. The number of rotatable bonds is 4. The molecule has 0 aliphatic carbocycles. The number of hydrogen-bond donors (Lipinski definition) is 2. The van der Waals surface area contributed by atoms with Gasteiger partial charge in [-0.25, -0.2) is 15.5 Å². The number of aromatic nitrogens is 3. The fourth-order valence-corrected chi connectivity index (χ4v) is 3.32. The highest BCUT2D eigenvalue weighted by Crippen LogP contribution is 2.38. The third-order valence-corrected chi connectivity index (χ3v) is 4.97. The van der Waals surface area contributed by atoms with Crippen molar-refractivity contribution in [2.75, 3.05) is 13.1 Å². The zero-order chi connectivity index (χ0) is 24.4. The molecule has 178 valence electrons. The summed E-state index contributed by atoms with van der Waals surface area (Å²) in [6.45, 7) is 0.559. The highest BCUT2D eigenvalue weighted by Gasteiger charge is 2.37. The van der Waals surface area contributed by atoms with Gasteiger partial charge in [0.05, 0.1) is 17.0 Å². The van der Waals surface area contributed by atoms with Gasteiger partial charge in [-0.3, -0.25) is 15.0 Å². The summed E-state index contributed by atoms with van der Waals surface area (Å²) in [5, 5.41) is 3.83. The Morgan fingerprint density at radius 1 is 1.09 bits per heavy atom. The van der Waals surface area contributed by atoms with Gasteiger partial charge in [0.2, 0.25) is 11.8 Å². The Morgan fingerprint density at radius 2 is 1.73 bits per heavy atom. The van der Waals surface area contributed by atoms with Gasteiger partial charge in [0.1, 0.15) is 6.33 Å². The van der Waals surface area contributed by atoms with Crippen molar-refractivity contribution in [3.63, 3.8) is 0 Å². The van der Waals surface area contributed by atoms with Crippen LogP contribution >= 0.6 is 0 Å². The zero-order valence-electron chi connectivity index (χ0n) is 16.8. The minimum absolute atomic E-state index is 0.00980. The maximum absolute atomic E-state index is 13.0. The average molecular weight is 476 g/mol. The third kappa shape index (κ3) is 5.88. The van der Waals surface area contributed by atoms with E-state index in [1.807, 2.05) is 5.43 Å². The molecule has 1 aromatic heterocycles. The van der Waals surface area contributed by atoms with E-state index in [-0.39, 0.29) is 18.4 Å². The number of amides is 2. The van der Waals surface area contributed by atoms with Crippen LogP contribution in [0.3, 0.4) is 0 Å². The summed E-state index contributed by atoms with van der Waals surface area (Å²) in [6, 6.07) is 1.04. The summed E-state index contributed by atoms with van der Waals surface area (Å²) in [7, 11) is 0. The Kier molecular flexibility index (Phi) is 6.76. The molecule has 1 fully saturated rings. The zero-order valence-corrected chi connectivity index (χ0v) is 16.8. The van der Waals surface area contributed by atoms with Crippen molar-refractivity contribution in [3.8, 4) is 11.4 Å². The van der Waals surface area contributed by atoms with E-state index >= 15 is 0 Å². The van der Waals surface area contributed by atoms with E-state index in [4.69, 9.17) is 5.84 Å². The number of hydrazine groups is 1. The second-order valence-electron chi connectivity index (χ2n) is 7.29. The van der Waals surface area contributed by atoms with Crippen molar-refractivity contribution in [3.05, 3.63) is 41.7 Å². The minimum Gasteiger partial charge on any atom is -0.338 e. The number of carbonyl (C=O) groups excluding carboxylic acids is 2. The van der Waals surface area contributed by atoms with Gasteiger partial charge in [-0.05, 0) is 31.0 Å². The van der Waals surface area contributed by atoms with Crippen LogP contribution in [-0.4, -0.2) is 44.6 Å². The molecule has 2 heterocycles. The van der Waals surface area contributed by atoms with Crippen LogP contribution < -0.4 is 11.3 Å². The topological polar surface area (TPSA) is 106 Å². The summed E-state index contributed by atoms with van der Waals surface area (Å²) in [6.07, 6.45) is -5.55. The lowest BCUT2D eigenvalue weighted by Crippen LogP contribution is -2.46. The molecule has 1 aliphatic heterocycles. The first-order chi connectivity index (χ1) is 15.4. The lowest BCUT2D eigenvalue weighted by molar-refractivity contribution is -0.143. The Balaban J connectivity index is 1.79. The highest BCUT2D eigenvalue weighted by atomic mass is 19.4. The second-order valence-corrected chi connectivity index (χ2v) is 7.29. The van der Waals surface area contributed by atoms with Crippen molar-refractivity contribution in [1.82, 2.24) is 25.1 Å². The first-order valence-corrected chi connectivity index (χ1v) is 9.57. The van der Waals surface area contributed by atoms with Crippen LogP contribution in [0, 0.1) is 5.92 Å². The number of nitrogens with one attached hydrogen (secondary N) is 1. The second kappa shape index (κ2) is 9.21. The number of carbonyl (C=O) groups is 2. The first kappa shape index (κ1) is 24.2. The van der Waals surface area contributed by atoms with Crippen LogP contribution in [0.5, 0.6) is 0 Å². The standard InChI is InChI=1S/C19H18F6N6O2/c20-18(21,22)13-6-12(7-14(8-13)19(23,24)25)16-27-10-31(29-16)5-3-15(32)30-4-1-2-11(9-30)17(33)28-26/h3,5-8,10-11H,1-2,4,9,26H2,(H,28,33)/b5-3-. The quantitative estimate of drug-likeness (QED) is 0.232. The van der Waals surface area contributed by atoms with Gasteiger partial charge < -0.3 is 4.90 Å². The molecule has 1 saturated heterocycles. The fraction of sp³-hybridized carbons (Fsp3) is 0.368. The largest absolute Gasteiger partial charge is 0.416 e. The molecule has 0 spiro atoms. The van der Waals surface area contributed by atoms with Crippen LogP contribution in [0.4, 0.5) is 26.3 Å². The fourth-order valence-electron chi connectivity index (χ4n) is 3.32. The normalized spacial score (nSPS) is 17.4. The maximum Gasteiger partial charge on any atom is 0.416 e. The van der Waals surface area contributed by atoms with Gasteiger partial charge in [0.25, 0.3) is 0 Å². The molecule has 33 heavy (non-hydrogen) atoms. The van der Waals surface area contributed by atoms with E-state index in [2.05, 4.69) is 10.1 Å². The number of alkyl halides is 6. The summed E-state index contributed by atoms with van der Waals surface area (Å²) < 4.78 is 79.3. The number of halogens is 6. The number of benzene rings is 1. The molecule has 1 unspecified atom stereocenters. The van der Waals surface area contributed by atoms with Crippen LogP contribution in [-0.2, 0) is 21.9 Å². The smallest absolute Gasteiger partial charge is 0.338 e. The predicted molar refractivity (Wildman–Crippen MR) is 102 cm³/mol. The average Bonchev–Trinajstić information content (AvgIpc) is 3.24. The van der Waals surface area contributed by atoms with E-state index in [1.165, 1.54) is 4.90 Å². The van der Waals surface area contributed by atoms with Crippen LogP contribution in [0.25, 0.3) is 17.6 Å². The predicted octanol–water partition coefficient (Wildman–Crippen LogP) is 2.68. The van der Waals surface area contributed by atoms with Crippen molar-refractivity contribution in [1.29, 1.82) is 0 Å². The van der Waals surface area contributed by atoms with Crippen molar-refractivity contribution >= 4 is 18.0 Å². The molecule has 1 aromatic carbocycles. The molecule has 2 aromatic rings. The Morgan fingerprint density at radius 3 is 2.30 bits per heavy atom. The number of likely N-dealkylation sites (tertiary alicyclic amines) is 1. The van der Waals surface area contributed by atoms with Crippen LogP contribution in [0.1, 0.15) is 24.0 Å². The van der Waals surface area contributed by atoms with Gasteiger partial charge in [0.15, 0.2) is 5.82 Å². The monoisotopic (exact) mass is 476 g/mol. The van der Waals surface area contributed by atoms with Gasteiger partial charge in [0, 0.05) is 30.9 Å². The Labute approximate surface area is 183 Å². The molecule has 14 heteroatoms. The molecule has 2 amide bonds. The number of piperidine rings is 1. The van der Waals surface area contributed by atoms with E-state index in [9.17, 15) is 35.9 Å². The maximum atomic E-state index is 13.0. The van der Waals surface area contributed by atoms with Gasteiger partial charge in [-0.2, -0.15) is 26.3 Å². The minimum atomic E-state index is -5.00. The van der Waals surface area contributed by atoms with Gasteiger partial charge >= 0.3 is 12.4 Å². The molecular weight excluding hydrogens is 458 g/mol. The Hall–Kier alpha value is -3.42. The SMILES string of the molecule is NNC(=O)C1CCCN(C(=O)/C=C\n2cnc(-c3cc(C(F)(F)F)cc(C(F)(F)F)c3)n2)C1. The van der Waals surface area contributed by atoms with Gasteiger partial charge in [-0.1, -0.05) is 0 Å². The first-order valence-electron chi connectivity index (χ1n) is 9.57. The summed E-state index contributed by atoms with van der Waals surface area (Å²) in [5.74, 6) is 3.42. The molecule has 8 nitrogen and oxygen atoms in total.